The highest BCUT2D eigenvalue weighted by atomic mass is 19.1. The number of halogens is 2. The SMILES string of the molecule is Nc1ccc2nnc(Cc3c(F)cccc3F)n2c1. The van der Waals surface area contributed by atoms with E-state index in [0.29, 0.717) is 17.2 Å². The van der Waals surface area contributed by atoms with Gasteiger partial charge < -0.3 is 5.73 Å². The van der Waals surface area contributed by atoms with Gasteiger partial charge in [0.2, 0.25) is 0 Å². The van der Waals surface area contributed by atoms with Gasteiger partial charge in [-0.1, -0.05) is 6.07 Å². The first-order chi connectivity index (χ1) is 9.15. The lowest BCUT2D eigenvalue weighted by molar-refractivity contribution is 0.558. The minimum atomic E-state index is -0.597. The number of hydrogen-bond acceptors (Lipinski definition) is 3. The molecule has 19 heavy (non-hydrogen) atoms. The Hall–Kier alpha value is -2.50. The van der Waals surface area contributed by atoms with Gasteiger partial charge >= 0.3 is 0 Å². The van der Waals surface area contributed by atoms with Crippen LogP contribution < -0.4 is 5.73 Å². The van der Waals surface area contributed by atoms with E-state index in [1.54, 1.807) is 22.7 Å². The molecule has 0 aliphatic rings. The van der Waals surface area contributed by atoms with Crippen molar-refractivity contribution in [3.05, 3.63) is 59.6 Å². The zero-order valence-corrected chi connectivity index (χ0v) is 9.85. The van der Waals surface area contributed by atoms with Gasteiger partial charge in [-0.2, -0.15) is 0 Å². The predicted octanol–water partition coefficient (Wildman–Crippen LogP) is 2.18. The third-order valence-electron chi connectivity index (χ3n) is 2.89. The van der Waals surface area contributed by atoms with Gasteiger partial charge in [-0.25, -0.2) is 8.78 Å². The third-order valence-corrected chi connectivity index (χ3v) is 2.89. The molecule has 3 aromatic rings. The average Bonchev–Trinajstić information content (AvgIpc) is 2.76. The minimum Gasteiger partial charge on any atom is -0.398 e. The maximum absolute atomic E-state index is 13.6. The molecule has 0 spiro atoms. The van der Waals surface area contributed by atoms with Gasteiger partial charge in [0.05, 0.1) is 0 Å². The van der Waals surface area contributed by atoms with Crippen LogP contribution in [-0.2, 0) is 6.42 Å². The van der Waals surface area contributed by atoms with Crippen molar-refractivity contribution in [1.82, 2.24) is 14.6 Å². The molecule has 0 unspecified atom stereocenters. The van der Waals surface area contributed by atoms with E-state index in [-0.39, 0.29) is 12.0 Å². The summed E-state index contributed by atoms with van der Waals surface area (Å²) in [6.07, 6.45) is 1.65. The summed E-state index contributed by atoms with van der Waals surface area (Å²) in [7, 11) is 0. The number of anilines is 1. The van der Waals surface area contributed by atoms with Gasteiger partial charge in [-0.05, 0) is 24.3 Å². The summed E-state index contributed by atoms with van der Waals surface area (Å²) in [4.78, 5) is 0. The van der Waals surface area contributed by atoms with Crippen LogP contribution in [0, 0.1) is 11.6 Å². The van der Waals surface area contributed by atoms with Crippen molar-refractivity contribution in [2.24, 2.45) is 0 Å². The number of hydrogen-bond donors (Lipinski definition) is 1. The molecule has 0 atom stereocenters. The molecule has 2 aromatic heterocycles. The van der Waals surface area contributed by atoms with Crippen LogP contribution in [0.3, 0.4) is 0 Å². The predicted molar refractivity (Wildman–Crippen MR) is 66.6 cm³/mol. The normalized spacial score (nSPS) is 11.1. The maximum atomic E-state index is 13.6. The molecule has 0 fully saturated rings. The van der Waals surface area contributed by atoms with Crippen molar-refractivity contribution in [2.45, 2.75) is 6.42 Å². The number of nitrogen functional groups attached to an aromatic ring is 1. The Balaban J connectivity index is 2.08. The summed E-state index contributed by atoms with van der Waals surface area (Å²) in [6.45, 7) is 0. The molecule has 0 saturated heterocycles. The van der Waals surface area contributed by atoms with Crippen LogP contribution in [0.15, 0.2) is 36.5 Å². The summed E-state index contributed by atoms with van der Waals surface area (Å²) in [6, 6.07) is 7.15. The molecule has 96 valence electrons. The third kappa shape index (κ3) is 2.01. The number of nitrogens with two attached hydrogens (primary N) is 1. The molecule has 0 saturated carbocycles. The lowest BCUT2D eigenvalue weighted by Crippen LogP contribution is -2.02. The van der Waals surface area contributed by atoms with Crippen molar-refractivity contribution in [3.63, 3.8) is 0 Å². The number of benzene rings is 1. The number of nitrogens with zero attached hydrogens (tertiary/aromatic N) is 3. The lowest BCUT2D eigenvalue weighted by Gasteiger charge is -2.04. The zero-order chi connectivity index (χ0) is 13.4. The van der Waals surface area contributed by atoms with E-state index in [1.165, 1.54) is 18.2 Å². The van der Waals surface area contributed by atoms with E-state index >= 15 is 0 Å². The number of pyridine rings is 1. The largest absolute Gasteiger partial charge is 0.398 e. The fourth-order valence-electron chi connectivity index (χ4n) is 1.93. The number of fused-ring (bicyclic) bond motifs is 1. The van der Waals surface area contributed by atoms with E-state index in [4.69, 9.17) is 5.73 Å². The monoisotopic (exact) mass is 260 g/mol. The van der Waals surface area contributed by atoms with Crippen LogP contribution in [0.25, 0.3) is 5.65 Å². The Morgan fingerprint density at radius 3 is 2.53 bits per heavy atom. The lowest BCUT2D eigenvalue weighted by atomic mass is 10.1. The Morgan fingerprint density at radius 2 is 1.79 bits per heavy atom. The molecule has 3 rings (SSSR count). The molecule has 0 amide bonds. The highest BCUT2D eigenvalue weighted by Crippen LogP contribution is 2.17. The number of aromatic nitrogens is 3. The molecule has 0 radical (unpaired) electrons. The summed E-state index contributed by atoms with van der Waals surface area (Å²) in [5, 5.41) is 7.87. The van der Waals surface area contributed by atoms with Gasteiger partial charge in [-0.15, -0.1) is 10.2 Å². The Morgan fingerprint density at radius 1 is 1.05 bits per heavy atom. The van der Waals surface area contributed by atoms with E-state index < -0.39 is 11.6 Å². The van der Waals surface area contributed by atoms with Gasteiger partial charge in [0.1, 0.15) is 17.5 Å². The highest BCUT2D eigenvalue weighted by Gasteiger charge is 2.13. The van der Waals surface area contributed by atoms with E-state index in [2.05, 4.69) is 10.2 Å². The van der Waals surface area contributed by atoms with Crippen molar-refractivity contribution < 1.29 is 8.78 Å². The van der Waals surface area contributed by atoms with Crippen LogP contribution in [0.1, 0.15) is 11.4 Å². The molecule has 2 N–H and O–H groups in total. The van der Waals surface area contributed by atoms with E-state index in [0.717, 1.165) is 0 Å². The molecule has 0 aliphatic carbocycles. The molecule has 2 heterocycles. The topological polar surface area (TPSA) is 56.2 Å². The highest BCUT2D eigenvalue weighted by molar-refractivity contribution is 5.47. The summed E-state index contributed by atoms with van der Waals surface area (Å²) in [5.74, 6) is -0.757. The van der Waals surface area contributed by atoms with Gasteiger partial charge in [-0.3, -0.25) is 4.40 Å². The first kappa shape index (κ1) is 11.6. The fourth-order valence-corrected chi connectivity index (χ4v) is 1.93. The Labute approximate surface area is 107 Å². The Kier molecular flexibility index (Phi) is 2.63. The Bertz CT molecular complexity index is 731. The number of rotatable bonds is 2. The second kappa shape index (κ2) is 4.31. The second-order valence-corrected chi connectivity index (χ2v) is 4.18. The summed E-state index contributed by atoms with van der Waals surface area (Å²) >= 11 is 0. The molecule has 6 heteroatoms. The van der Waals surface area contributed by atoms with Crippen LogP contribution in [0.4, 0.5) is 14.5 Å². The molecule has 0 aliphatic heterocycles. The van der Waals surface area contributed by atoms with Crippen LogP contribution in [0.2, 0.25) is 0 Å². The van der Waals surface area contributed by atoms with Crippen molar-refractivity contribution >= 4 is 11.3 Å². The maximum Gasteiger partial charge on any atom is 0.160 e. The van der Waals surface area contributed by atoms with Crippen molar-refractivity contribution in [1.29, 1.82) is 0 Å². The van der Waals surface area contributed by atoms with Crippen molar-refractivity contribution in [3.8, 4) is 0 Å². The van der Waals surface area contributed by atoms with Crippen LogP contribution >= 0.6 is 0 Å². The average molecular weight is 260 g/mol. The zero-order valence-electron chi connectivity index (χ0n) is 9.85. The van der Waals surface area contributed by atoms with E-state index in [9.17, 15) is 8.78 Å². The second-order valence-electron chi connectivity index (χ2n) is 4.18. The summed E-state index contributed by atoms with van der Waals surface area (Å²) in [5.41, 5.74) is 6.77. The molecular weight excluding hydrogens is 250 g/mol. The van der Waals surface area contributed by atoms with Crippen LogP contribution in [-0.4, -0.2) is 14.6 Å². The van der Waals surface area contributed by atoms with Gasteiger partial charge in [0.15, 0.2) is 5.65 Å². The standard InChI is InChI=1S/C13H10F2N4/c14-10-2-1-3-11(15)9(10)6-13-18-17-12-5-4-8(16)7-19(12)13/h1-5,7H,6,16H2. The summed E-state index contributed by atoms with van der Waals surface area (Å²) < 4.78 is 28.8. The molecule has 0 bridgehead atoms. The quantitative estimate of drug-likeness (QED) is 0.768. The smallest absolute Gasteiger partial charge is 0.160 e. The first-order valence-electron chi connectivity index (χ1n) is 5.67. The molecule has 1 aromatic carbocycles. The molecule has 4 nitrogen and oxygen atoms in total. The van der Waals surface area contributed by atoms with Gasteiger partial charge in [0.25, 0.3) is 0 Å². The first-order valence-corrected chi connectivity index (χ1v) is 5.67. The minimum absolute atomic E-state index is 0.0170. The fraction of sp³-hybridized carbons (Fsp3) is 0.0769. The van der Waals surface area contributed by atoms with E-state index in [1.807, 2.05) is 0 Å². The van der Waals surface area contributed by atoms with Crippen molar-refractivity contribution in [2.75, 3.05) is 5.73 Å². The van der Waals surface area contributed by atoms with Crippen LogP contribution in [0.5, 0.6) is 0 Å². The van der Waals surface area contributed by atoms with Gasteiger partial charge in [0, 0.05) is 23.9 Å². The molecular formula is C13H10F2N4.